The summed E-state index contributed by atoms with van der Waals surface area (Å²) in [5.74, 6) is 0. The average molecular weight is 262 g/mol. The maximum absolute atomic E-state index is 4.44. The van der Waals surface area contributed by atoms with E-state index in [0.29, 0.717) is 0 Å². The summed E-state index contributed by atoms with van der Waals surface area (Å²) >= 11 is 0. The van der Waals surface area contributed by atoms with Crippen LogP contribution < -0.4 is 5.32 Å². The van der Waals surface area contributed by atoms with E-state index in [0.717, 1.165) is 30.0 Å². The van der Waals surface area contributed by atoms with E-state index >= 15 is 0 Å². The molecule has 19 heavy (non-hydrogen) atoms. The minimum Gasteiger partial charge on any atom is -0.306 e. The lowest BCUT2D eigenvalue weighted by molar-refractivity contribution is 0.418. The first-order valence-electron chi connectivity index (χ1n) is 6.58. The molecule has 0 unspecified atom stereocenters. The lowest BCUT2D eigenvalue weighted by atomic mass is 10.1. The molecule has 0 aliphatic rings. The first kappa shape index (κ1) is 13.7. The van der Waals surface area contributed by atoms with E-state index in [-0.39, 0.29) is 5.54 Å². The lowest BCUT2D eigenvalue weighted by Gasteiger charge is -2.20. The standard InChI is InChI=1S/C13H22N6/c1-6-11-12(9-18(5)16-11)19-10(8-15-17-19)7-14-13(2,3)4/h8-9,14H,6-7H2,1-5H3. The number of nitrogens with one attached hydrogen (secondary N) is 1. The predicted octanol–water partition coefficient (Wildman–Crippen LogP) is 1.45. The van der Waals surface area contributed by atoms with Crippen LogP contribution in [0.2, 0.25) is 0 Å². The summed E-state index contributed by atoms with van der Waals surface area (Å²) in [4.78, 5) is 0. The minimum absolute atomic E-state index is 0.0671. The molecule has 6 heteroatoms. The molecule has 6 nitrogen and oxygen atoms in total. The Hall–Kier alpha value is -1.69. The molecule has 0 amide bonds. The van der Waals surface area contributed by atoms with Crippen molar-refractivity contribution in [1.29, 1.82) is 0 Å². The summed E-state index contributed by atoms with van der Waals surface area (Å²) in [7, 11) is 1.92. The van der Waals surface area contributed by atoms with Gasteiger partial charge in [0.1, 0.15) is 5.69 Å². The second kappa shape index (κ2) is 5.13. The third-order valence-electron chi connectivity index (χ3n) is 2.87. The average Bonchev–Trinajstić information content (AvgIpc) is 2.90. The Kier molecular flexibility index (Phi) is 3.71. The third kappa shape index (κ3) is 3.20. The number of hydrogen-bond donors (Lipinski definition) is 1. The Balaban J connectivity index is 2.28. The highest BCUT2D eigenvalue weighted by molar-refractivity contribution is 5.35. The number of hydrogen-bond acceptors (Lipinski definition) is 4. The van der Waals surface area contributed by atoms with Crippen LogP contribution in [0.5, 0.6) is 0 Å². The molecule has 0 spiro atoms. The van der Waals surface area contributed by atoms with Gasteiger partial charge in [-0.15, -0.1) is 5.10 Å². The zero-order valence-corrected chi connectivity index (χ0v) is 12.3. The Morgan fingerprint density at radius 2 is 2.05 bits per heavy atom. The van der Waals surface area contributed by atoms with E-state index < -0.39 is 0 Å². The Morgan fingerprint density at radius 1 is 1.32 bits per heavy atom. The van der Waals surface area contributed by atoms with Crippen molar-refractivity contribution in [2.24, 2.45) is 7.05 Å². The highest BCUT2D eigenvalue weighted by Gasteiger charge is 2.15. The first-order chi connectivity index (χ1) is 8.90. The second-order valence-corrected chi connectivity index (χ2v) is 5.73. The molecule has 0 saturated carbocycles. The molecule has 0 fully saturated rings. The predicted molar refractivity (Wildman–Crippen MR) is 74.1 cm³/mol. The van der Waals surface area contributed by atoms with E-state index in [1.807, 2.05) is 22.6 Å². The third-order valence-corrected chi connectivity index (χ3v) is 2.87. The van der Waals surface area contributed by atoms with Crippen molar-refractivity contribution in [3.05, 3.63) is 23.8 Å². The molecule has 0 aromatic carbocycles. The molecular formula is C13H22N6. The quantitative estimate of drug-likeness (QED) is 0.906. The lowest BCUT2D eigenvalue weighted by Crippen LogP contribution is -2.35. The van der Waals surface area contributed by atoms with Gasteiger partial charge in [0.2, 0.25) is 0 Å². The maximum atomic E-state index is 4.44. The van der Waals surface area contributed by atoms with Gasteiger partial charge in [-0.3, -0.25) is 4.68 Å². The number of nitrogens with zero attached hydrogens (tertiary/aromatic N) is 5. The van der Waals surface area contributed by atoms with Crippen LogP contribution in [0.3, 0.4) is 0 Å². The second-order valence-electron chi connectivity index (χ2n) is 5.73. The molecule has 0 atom stereocenters. The van der Waals surface area contributed by atoms with Crippen molar-refractivity contribution in [3.63, 3.8) is 0 Å². The Labute approximate surface area is 113 Å². The fraction of sp³-hybridized carbons (Fsp3) is 0.615. The zero-order chi connectivity index (χ0) is 14.0. The van der Waals surface area contributed by atoms with Gasteiger partial charge >= 0.3 is 0 Å². The largest absolute Gasteiger partial charge is 0.306 e. The van der Waals surface area contributed by atoms with Crippen LogP contribution in [-0.4, -0.2) is 30.3 Å². The summed E-state index contributed by atoms with van der Waals surface area (Å²) in [6, 6.07) is 0. The summed E-state index contributed by atoms with van der Waals surface area (Å²) in [6.45, 7) is 9.25. The van der Waals surface area contributed by atoms with E-state index in [4.69, 9.17) is 0 Å². The van der Waals surface area contributed by atoms with E-state index in [2.05, 4.69) is 48.4 Å². The summed E-state index contributed by atoms with van der Waals surface area (Å²) in [5.41, 5.74) is 3.15. The van der Waals surface area contributed by atoms with E-state index in [9.17, 15) is 0 Å². The van der Waals surface area contributed by atoms with Crippen LogP contribution in [0.15, 0.2) is 12.4 Å². The topological polar surface area (TPSA) is 60.6 Å². The molecule has 104 valence electrons. The molecule has 0 bridgehead atoms. The summed E-state index contributed by atoms with van der Waals surface area (Å²) < 4.78 is 3.68. The summed E-state index contributed by atoms with van der Waals surface area (Å²) in [5, 5.41) is 16.1. The monoisotopic (exact) mass is 262 g/mol. The van der Waals surface area contributed by atoms with Crippen LogP contribution in [0.4, 0.5) is 0 Å². The van der Waals surface area contributed by atoms with Crippen molar-refractivity contribution >= 4 is 0 Å². The highest BCUT2D eigenvalue weighted by Crippen LogP contribution is 2.15. The fourth-order valence-corrected chi connectivity index (χ4v) is 1.89. The van der Waals surface area contributed by atoms with Crippen LogP contribution in [-0.2, 0) is 20.0 Å². The molecule has 2 aromatic heterocycles. The molecule has 0 aliphatic carbocycles. The van der Waals surface area contributed by atoms with Gasteiger partial charge in [-0.05, 0) is 27.2 Å². The number of aryl methyl sites for hydroxylation is 2. The van der Waals surface area contributed by atoms with E-state index in [1.54, 1.807) is 6.20 Å². The van der Waals surface area contributed by atoms with Gasteiger partial charge in [-0.1, -0.05) is 12.1 Å². The van der Waals surface area contributed by atoms with Gasteiger partial charge in [0.25, 0.3) is 0 Å². The van der Waals surface area contributed by atoms with Gasteiger partial charge in [0, 0.05) is 19.1 Å². The van der Waals surface area contributed by atoms with Gasteiger partial charge in [-0.2, -0.15) is 5.10 Å². The van der Waals surface area contributed by atoms with Crippen LogP contribution in [0.25, 0.3) is 5.69 Å². The van der Waals surface area contributed by atoms with Gasteiger partial charge in [0.05, 0.1) is 23.8 Å². The first-order valence-corrected chi connectivity index (χ1v) is 6.58. The Bertz CT molecular complexity index is 546. The molecule has 2 rings (SSSR count). The molecule has 2 heterocycles. The molecule has 0 radical (unpaired) electrons. The SMILES string of the molecule is CCc1nn(C)cc1-n1nncc1CNC(C)(C)C. The van der Waals surface area contributed by atoms with Crippen molar-refractivity contribution in [1.82, 2.24) is 30.1 Å². The number of aromatic nitrogens is 5. The molecule has 1 N–H and O–H groups in total. The van der Waals surface area contributed by atoms with Crippen molar-refractivity contribution in [2.75, 3.05) is 0 Å². The zero-order valence-electron chi connectivity index (χ0n) is 12.3. The van der Waals surface area contributed by atoms with Crippen LogP contribution in [0.1, 0.15) is 39.1 Å². The van der Waals surface area contributed by atoms with Gasteiger partial charge < -0.3 is 5.32 Å². The van der Waals surface area contributed by atoms with Crippen molar-refractivity contribution in [3.8, 4) is 5.69 Å². The van der Waals surface area contributed by atoms with Crippen LogP contribution >= 0.6 is 0 Å². The highest BCUT2D eigenvalue weighted by atomic mass is 15.4. The maximum Gasteiger partial charge on any atom is 0.108 e. The molecular weight excluding hydrogens is 240 g/mol. The molecule has 0 aliphatic heterocycles. The van der Waals surface area contributed by atoms with Crippen LogP contribution in [0, 0.1) is 0 Å². The molecule has 2 aromatic rings. The Morgan fingerprint density at radius 3 is 2.68 bits per heavy atom. The smallest absolute Gasteiger partial charge is 0.108 e. The van der Waals surface area contributed by atoms with Gasteiger partial charge in [-0.25, -0.2) is 4.68 Å². The van der Waals surface area contributed by atoms with E-state index in [1.165, 1.54) is 0 Å². The van der Waals surface area contributed by atoms with Crippen molar-refractivity contribution in [2.45, 2.75) is 46.2 Å². The fourth-order valence-electron chi connectivity index (χ4n) is 1.89. The summed E-state index contributed by atoms with van der Waals surface area (Å²) in [6.07, 6.45) is 4.65. The van der Waals surface area contributed by atoms with Gasteiger partial charge in [0.15, 0.2) is 0 Å². The molecule has 0 saturated heterocycles. The minimum atomic E-state index is 0.0671. The normalized spacial score (nSPS) is 12.1. The van der Waals surface area contributed by atoms with Crippen molar-refractivity contribution < 1.29 is 0 Å². The number of rotatable bonds is 4.